The summed E-state index contributed by atoms with van der Waals surface area (Å²) in [4.78, 5) is 13.3. The second kappa shape index (κ2) is 8.60. The highest BCUT2D eigenvalue weighted by molar-refractivity contribution is 5.84. The molecule has 3 nitrogen and oxygen atoms in total. The van der Waals surface area contributed by atoms with Crippen LogP contribution in [-0.2, 0) is 21.4 Å². The van der Waals surface area contributed by atoms with Crippen molar-refractivity contribution in [2.24, 2.45) is 5.92 Å². The van der Waals surface area contributed by atoms with E-state index in [0.717, 1.165) is 43.4 Å². The molecule has 144 valence electrons. The summed E-state index contributed by atoms with van der Waals surface area (Å²) in [5.74, 6) is 1.02. The smallest absolute Gasteiger partial charge is 0.316 e. The molecule has 0 heterocycles. The first-order valence-electron chi connectivity index (χ1n) is 9.97. The molecule has 0 bridgehead atoms. The van der Waals surface area contributed by atoms with Crippen LogP contribution >= 0.6 is 0 Å². The molecular weight excluding hydrogens is 336 g/mol. The predicted molar refractivity (Wildman–Crippen MR) is 108 cm³/mol. The molecule has 1 aliphatic rings. The van der Waals surface area contributed by atoms with Crippen LogP contribution in [0.4, 0.5) is 0 Å². The quantitative estimate of drug-likeness (QED) is 0.656. The maximum atomic E-state index is 13.3. The van der Waals surface area contributed by atoms with E-state index in [2.05, 4.69) is 43.3 Å². The molecule has 3 heteroatoms. The summed E-state index contributed by atoms with van der Waals surface area (Å²) in [5, 5.41) is 0. The molecule has 1 fully saturated rings. The monoisotopic (exact) mass is 366 g/mol. The number of benzene rings is 2. The highest BCUT2D eigenvalue weighted by atomic mass is 16.5. The number of esters is 1. The Morgan fingerprint density at radius 2 is 1.93 bits per heavy atom. The van der Waals surface area contributed by atoms with Crippen molar-refractivity contribution in [3.8, 4) is 5.75 Å². The average molecular weight is 367 g/mol. The molecule has 0 N–H and O–H groups in total. The Morgan fingerprint density at radius 1 is 1.15 bits per heavy atom. The Hall–Kier alpha value is -2.29. The Kier molecular flexibility index (Phi) is 6.20. The highest BCUT2D eigenvalue weighted by Gasteiger charge is 2.49. The molecule has 0 saturated heterocycles. The average Bonchev–Trinajstić information content (AvgIpc) is 2.69. The normalized spacial score (nSPS) is 22.3. The van der Waals surface area contributed by atoms with Gasteiger partial charge >= 0.3 is 5.97 Å². The maximum Gasteiger partial charge on any atom is 0.316 e. The summed E-state index contributed by atoms with van der Waals surface area (Å²) in [6.45, 7) is 4.38. The van der Waals surface area contributed by atoms with Gasteiger partial charge in [0.05, 0.1) is 19.1 Å². The molecule has 0 amide bonds. The molecule has 0 aliphatic heterocycles. The van der Waals surface area contributed by atoms with Crippen LogP contribution in [0.15, 0.2) is 48.5 Å². The number of hydrogen-bond acceptors (Lipinski definition) is 3. The fourth-order valence-corrected chi connectivity index (χ4v) is 4.48. The number of carbonyl (C=O) groups excluding carboxylic acids is 1. The van der Waals surface area contributed by atoms with Gasteiger partial charge in [0.1, 0.15) is 5.75 Å². The lowest BCUT2D eigenvalue weighted by atomic mass is 9.61. The van der Waals surface area contributed by atoms with E-state index in [-0.39, 0.29) is 11.9 Å². The second-order valence-corrected chi connectivity index (χ2v) is 7.56. The molecule has 1 saturated carbocycles. The standard InChI is InChI=1S/C24H30O3/c1-4-27-23(25)24(20-13-11-18(2)12-14-20)15-6-5-9-21(24)16-19-8-7-10-22(17-19)26-3/h7-8,10-14,17,21H,4-6,9,15-16H2,1-3H3. The number of methoxy groups -OCH3 is 1. The number of aryl methyl sites for hydroxylation is 1. The van der Waals surface area contributed by atoms with E-state index in [9.17, 15) is 4.79 Å². The lowest BCUT2D eigenvalue weighted by Gasteiger charge is -2.42. The molecule has 2 atom stereocenters. The summed E-state index contributed by atoms with van der Waals surface area (Å²) in [7, 11) is 1.69. The molecule has 0 radical (unpaired) electrons. The third-order valence-electron chi connectivity index (χ3n) is 5.89. The lowest BCUT2D eigenvalue weighted by Crippen LogP contribution is -2.47. The molecule has 0 spiro atoms. The molecule has 2 aromatic rings. The zero-order valence-electron chi connectivity index (χ0n) is 16.7. The van der Waals surface area contributed by atoms with Crippen molar-refractivity contribution in [1.82, 2.24) is 0 Å². The first-order valence-corrected chi connectivity index (χ1v) is 9.97. The lowest BCUT2D eigenvalue weighted by molar-refractivity contribution is -0.154. The Bertz CT molecular complexity index is 765. The molecule has 2 unspecified atom stereocenters. The van der Waals surface area contributed by atoms with Gasteiger partial charge in [-0.1, -0.05) is 54.8 Å². The minimum absolute atomic E-state index is 0.0681. The van der Waals surface area contributed by atoms with Crippen LogP contribution in [0.25, 0.3) is 0 Å². The summed E-state index contributed by atoms with van der Waals surface area (Å²) in [6.07, 6.45) is 4.94. The highest BCUT2D eigenvalue weighted by Crippen LogP contribution is 2.46. The van der Waals surface area contributed by atoms with E-state index in [0.29, 0.717) is 6.61 Å². The molecule has 0 aromatic heterocycles. The molecule has 3 rings (SSSR count). The fraction of sp³-hybridized carbons (Fsp3) is 0.458. The zero-order valence-corrected chi connectivity index (χ0v) is 16.7. The fourth-order valence-electron chi connectivity index (χ4n) is 4.48. The second-order valence-electron chi connectivity index (χ2n) is 7.56. The third kappa shape index (κ3) is 4.02. The van der Waals surface area contributed by atoms with Crippen LogP contribution < -0.4 is 4.74 Å². The van der Waals surface area contributed by atoms with Gasteiger partial charge in [-0.2, -0.15) is 0 Å². The van der Waals surface area contributed by atoms with Gasteiger partial charge in [-0.3, -0.25) is 4.79 Å². The van der Waals surface area contributed by atoms with E-state index >= 15 is 0 Å². The van der Waals surface area contributed by atoms with Crippen molar-refractivity contribution in [2.45, 2.75) is 51.4 Å². The topological polar surface area (TPSA) is 35.5 Å². The van der Waals surface area contributed by atoms with Crippen LogP contribution in [0.5, 0.6) is 5.75 Å². The van der Waals surface area contributed by atoms with Gasteiger partial charge < -0.3 is 9.47 Å². The Labute approximate surface area is 162 Å². The summed E-state index contributed by atoms with van der Waals surface area (Å²) in [5.41, 5.74) is 2.95. The zero-order chi connectivity index (χ0) is 19.3. The minimum Gasteiger partial charge on any atom is -0.497 e. The van der Waals surface area contributed by atoms with E-state index in [1.807, 2.05) is 19.1 Å². The maximum absolute atomic E-state index is 13.3. The number of carbonyl (C=O) groups is 1. The number of hydrogen-bond donors (Lipinski definition) is 0. The van der Waals surface area contributed by atoms with Gasteiger partial charge in [0.15, 0.2) is 0 Å². The van der Waals surface area contributed by atoms with Crippen molar-refractivity contribution < 1.29 is 14.3 Å². The van der Waals surface area contributed by atoms with Crippen molar-refractivity contribution in [2.75, 3.05) is 13.7 Å². The van der Waals surface area contributed by atoms with Gasteiger partial charge in [0.25, 0.3) is 0 Å². The van der Waals surface area contributed by atoms with Gasteiger partial charge in [-0.05, 0) is 62.3 Å². The van der Waals surface area contributed by atoms with Gasteiger partial charge in [-0.25, -0.2) is 0 Å². The molecule has 1 aliphatic carbocycles. The van der Waals surface area contributed by atoms with Crippen molar-refractivity contribution in [1.29, 1.82) is 0 Å². The predicted octanol–water partition coefficient (Wildman–Crippen LogP) is 5.24. The van der Waals surface area contributed by atoms with Crippen LogP contribution in [-0.4, -0.2) is 19.7 Å². The van der Waals surface area contributed by atoms with E-state index in [1.54, 1.807) is 7.11 Å². The summed E-state index contributed by atoms with van der Waals surface area (Å²) >= 11 is 0. The van der Waals surface area contributed by atoms with Crippen molar-refractivity contribution in [3.63, 3.8) is 0 Å². The molecule has 2 aromatic carbocycles. The van der Waals surface area contributed by atoms with E-state index in [1.165, 1.54) is 11.1 Å². The van der Waals surface area contributed by atoms with E-state index < -0.39 is 5.41 Å². The first-order chi connectivity index (χ1) is 13.1. The molecule has 27 heavy (non-hydrogen) atoms. The van der Waals surface area contributed by atoms with Crippen molar-refractivity contribution >= 4 is 5.97 Å². The minimum atomic E-state index is -0.564. The van der Waals surface area contributed by atoms with Gasteiger partial charge in [0, 0.05) is 0 Å². The summed E-state index contributed by atoms with van der Waals surface area (Å²) < 4.78 is 11.0. The number of ether oxygens (including phenoxy) is 2. The van der Waals surface area contributed by atoms with Crippen LogP contribution in [0.3, 0.4) is 0 Å². The van der Waals surface area contributed by atoms with Gasteiger partial charge in [-0.15, -0.1) is 0 Å². The van der Waals surface area contributed by atoms with Gasteiger partial charge in [0.2, 0.25) is 0 Å². The third-order valence-corrected chi connectivity index (χ3v) is 5.89. The van der Waals surface area contributed by atoms with Crippen molar-refractivity contribution in [3.05, 3.63) is 65.2 Å². The van der Waals surface area contributed by atoms with Crippen LogP contribution in [0, 0.1) is 12.8 Å². The van der Waals surface area contributed by atoms with Crippen LogP contribution in [0.1, 0.15) is 49.3 Å². The Morgan fingerprint density at radius 3 is 2.63 bits per heavy atom. The van der Waals surface area contributed by atoms with Crippen LogP contribution in [0.2, 0.25) is 0 Å². The largest absolute Gasteiger partial charge is 0.497 e. The molecular formula is C24H30O3. The first kappa shape index (κ1) is 19.5. The van der Waals surface area contributed by atoms with E-state index in [4.69, 9.17) is 9.47 Å². The SMILES string of the molecule is CCOC(=O)C1(c2ccc(C)cc2)CCCCC1Cc1cccc(OC)c1. The summed E-state index contributed by atoms with van der Waals surface area (Å²) in [6, 6.07) is 16.6. The Balaban J connectivity index is 2.01. The number of rotatable bonds is 6.